The summed E-state index contributed by atoms with van der Waals surface area (Å²) >= 11 is 0. The Hall–Kier alpha value is -2.04. The van der Waals surface area contributed by atoms with Crippen molar-refractivity contribution in [2.24, 2.45) is 16.6 Å². The smallest absolute Gasteiger partial charge is 0.337 e. The van der Waals surface area contributed by atoms with Gasteiger partial charge >= 0.3 is 5.97 Å². The van der Waals surface area contributed by atoms with E-state index in [1.165, 1.54) is 14.2 Å². The van der Waals surface area contributed by atoms with Gasteiger partial charge in [0.2, 0.25) is 0 Å². The Labute approximate surface area is 107 Å². The minimum Gasteiger partial charge on any atom is -0.494 e. The molecular weight excluding hydrogens is 232 g/mol. The first-order chi connectivity index (χ1) is 8.49. The molecule has 0 heterocycles. The summed E-state index contributed by atoms with van der Waals surface area (Å²) in [6.07, 6.45) is 0. The molecule has 0 amide bonds. The van der Waals surface area contributed by atoms with Crippen LogP contribution in [0.25, 0.3) is 0 Å². The molecule has 98 valence electrons. The van der Waals surface area contributed by atoms with Crippen LogP contribution in [-0.4, -0.2) is 26.0 Å². The third-order valence-corrected chi connectivity index (χ3v) is 2.44. The van der Waals surface area contributed by atoms with E-state index in [-0.39, 0.29) is 5.92 Å². The third-order valence-electron chi connectivity index (χ3n) is 2.44. The van der Waals surface area contributed by atoms with Crippen molar-refractivity contribution in [1.82, 2.24) is 0 Å². The lowest BCUT2D eigenvalue weighted by Gasteiger charge is -2.09. The molecule has 5 nitrogen and oxygen atoms in total. The van der Waals surface area contributed by atoms with Crippen LogP contribution in [0.2, 0.25) is 0 Å². The average molecular weight is 250 g/mol. The maximum Gasteiger partial charge on any atom is 0.337 e. The Kier molecular flexibility index (Phi) is 4.71. The van der Waals surface area contributed by atoms with Gasteiger partial charge in [0.1, 0.15) is 17.3 Å². The number of nitrogens with zero attached hydrogens (tertiary/aromatic N) is 1. The number of hydrogen-bond donors (Lipinski definition) is 1. The summed E-state index contributed by atoms with van der Waals surface area (Å²) in [5, 5.41) is 0. The van der Waals surface area contributed by atoms with Gasteiger partial charge in [-0.2, -0.15) is 0 Å². The van der Waals surface area contributed by atoms with Crippen LogP contribution in [0.4, 0.5) is 5.69 Å². The second-order valence-corrected chi connectivity index (χ2v) is 4.07. The maximum atomic E-state index is 11.4. The van der Waals surface area contributed by atoms with Crippen LogP contribution >= 0.6 is 0 Å². The normalized spacial score (nSPS) is 11.5. The van der Waals surface area contributed by atoms with Gasteiger partial charge < -0.3 is 15.2 Å². The van der Waals surface area contributed by atoms with E-state index >= 15 is 0 Å². The van der Waals surface area contributed by atoms with Gasteiger partial charge in [-0.25, -0.2) is 9.79 Å². The van der Waals surface area contributed by atoms with Crippen LogP contribution in [0, 0.1) is 5.92 Å². The fraction of sp³-hybridized carbons (Fsp3) is 0.385. The number of hydrogen-bond acceptors (Lipinski definition) is 4. The molecule has 0 radical (unpaired) electrons. The molecule has 1 aromatic rings. The number of nitrogens with two attached hydrogens (primary N) is 1. The molecule has 0 fully saturated rings. The summed E-state index contributed by atoms with van der Waals surface area (Å²) < 4.78 is 9.84. The molecule has 0 saturated heterocycles. The van der Waals surface area contributed by atoms with Gasteiger partial charge in [0.15, 0.2) is 0 Å². The van der Waals surface area contributed by atoms with Crippen LogP contribution < -0.4 is 10.5 Å². The summed E-state index contributed by atoms with van der Waals surface area (Å²) in [6.45, 7) is 3.88. The van der Waals surface area contributed by atoms with Gasteiger partial charge in [0.25, 0.3) is 0 Å². The van der Waals surface area contributed by atoms with E-state index < -0.39 is 5.97 Å². The van der Waals surface area contributed by atoms with Gasteiger partial charge in [0, 0.05) is 5.92 Å². The van der Waals surface area contributed by atoms with Crippen LogP contribution in [-0.2, 0) is 4.74 Å². The lowest BCUT2D eigenvalue weighted by molar-refractivity contribution is 0.0600. The molecule has 1 rings (SSSR count). The number of carbonyl (C=O) groups excluding carboxylic acids is 1. The molecule has 2 N–H and O–H groups in total. The number of methoxy groups -OCH3 is 2. The summed E-state index contributed by atoms with van der Waals surface area (Å²) in [5.41, 5.74) is 6.74. The number of rotatable bonds is 4. The van der Waals surface area contributed by atoms with E-state index in [4.69, 9.17) is 10.5 Å². The van der Waals surface area contributed by atoms with Crippen molar-refractivity contribution >= 4 is 17.5 Å². The Morgan fingerprint density at radius 2 is 2.00 bits per heavy atom. The summed E-state index contributed by atoms with van der Waals surface area (Å²) in [4.78, 5) is 15.7. The van der Waals surface area contributed by atoms with Crippen molar-refractivity contribution in [3.8, 4) is 5.75 Å². The number of aliphatic imine (C=N–C) groups is 1. The van der Waals surface area contributed by atoms with Crippen molar-refractivity contribution in [2.45, 2.75) is 13.8 Å². The molecule has 0 aliphatic carbocycles. The highest BCUT2D eigenvalue weighted by atomic mass is 16.5. The minimum atomic E-state index is -0.419. The van der Waals surface area contributed by atoms with E-state index in [0.29, 0.717) is 22.8 Å². The average Bonchev–Trinajstić information content (AvgIpc) is 2.37. The van der Waals surface area contributed by atoms with Crippen molar-refractivity contribution in [3.05, 3.63) is 23.8 Å². The highest BCUT2D eigenvalue weighted by Crippen LogP contribution is 2.29. The maximum absolute atomic E-state index is 11.4. The van der Waals surface area contributed by atoms with Gasteiger partial charge in [-0.1, -0.05) is 13.8 Å². The molecule has 0 aromatic heterocycles. The molecule has 0 aliphatic rings. The summed E-state index contributed by atoms with van der Waals surface area (Å²) in [6, 6.07) is 4.88. The largest absolute Gasteiger partial charge is 0.494 e. The van der Waals surface area contributed by atoms with Gasteiger partial charge in [-0.05, 0) is 18.2 Å². The third kappa shape index (κ3) is 3.23. The molecule has 0 unspecified atom stereocenters. The quantitative estimate of drug-likeness (QED) is 0.504. The molecule has 18 heavy (non-hydrogen) atoms. The zero-order valence-electron chi connectivity index (χ0n) is 11.1. The summed E-state index contributed by atoms with van der Waals surface area (Å²) in [5.74, 6) is 0.746. The molecular formula is C13H18N2O3. The monoisotopic (exact) mass is 250 g/mol. The predicted octanol–water partition coefficient (Wildman–Crippen LogP) is 2.13. The fourth-order valence-electron chi connectivity index (χ4n) is 1.29. The van der Waals surface area contributed by atoms with E-state index in [1.54, 1.807) is 18.2 Å². The Bertz CT molecular complexity index is 467. The van der Waals surface area contributed by atoms with Gasteiger partial charge in [-0.15, -0.1) is 0 Å². The number of carbonyl (C=O) groups is 1. The lowest BCUT2D eigenvalue weighted by Crippen LogP contribution is -2.18. The molecule has 0 saturated carbocycles. The predicted molar refractivity (Wildman–Crippen MR) is 70.5 cm³/mol. The number of amidine groups is 1. The van der Waals surface area contributed by atoms with Crippen molar-refractivity contribution in [3.63, 3.8) is 0 Å². The van der Waals surface area contributed by atoms with Gasteiger partial charge in [-0.3, -0.25) is 0 Å². The van der Waals surface area contributed by atoms with Crippen LogP contribution in [0.1, 0.15) is 24.2 Å². The molecule has 0 aliphatic heterocycles. The SMILES string of the molecule is COC(=O)c1ccc(OC)c(N=C(N)C(C)C)c1. The Balaban J connectivity index is 3.22. The lowest BCUT2D eigenvalue weighted by atomic mass is 10.1. The van der Waals surface area contributed by atoms with Crippen molar-refractivity contribution < 1.29 is 14.3 Å². The zero-order chi connectivity index (χ0) is 13.7. The van der Waals surface area contributed by atoms with E-state index in [1.807, 2.05) is 13.8 Å². The topological polar surface area (TPSA) is 73.9 Å². The molecule has 0 bridgehead atoms. The number of esters is 1. The Morgan fingerprint density at radius 1 is 1.33 bits per heavy atom. The van der Waals surface area contributed by atoms with E-state index in [0.717, 1.165) is 0 Å². The second-order valence-electron chi connectivity index (χ2n) is 4.07. The molecule has 5 heteroatoms. The second kappa shape index (κ2) is 6.05. The van der Waals surface area contributed by atoms with Crippen LogP contribution in [0.3, 0.4) is 0 Å². The molecule has 0 spiro atoms. The highest BCUT2D eigenvalue weighted by Gasteiger charge is 2.11. The summed E-state index contributed by atoms with van der Waals surface area (Å²) in [7, 11) is 2.87. The van der Waals surface area contributed by atoms with Crippen LogP contribution in [0.15, 0.2) is 23.2 Å². The molecule has 0 atom stereocenters. The first kappa shape index (κ1) is 14.0. The highest BCUT2D eigenvalue weighted by molar-refractivity contribution is 5.92. The zero-order valence-corrected chi connectivity index (χ0v) is 11.1. The number of benzene rings is 1. The minimum absolute atomic E-state index is 0.122. The Morgan fingerprint density at radius 3 is 2.50 bits per heavy atom. The number of ether oxygens (including phenoxy) is 2. The van der Waals surface area contributed by atoms with Crippen LogP contribution in [0.5, 0.6) is 5.75 Å². The van der Waals surface area contributed by atoms with E-state index in [2.05, 4.69) is 9.73 Å². The fourth-order valence-corrected chi connectivity index (χ4v) is 1.29. The van der Waals surface area contributed by atoms with Crippen molar-refractivity contribution in [2.75, 3.05) is 14.2 Å². The van der Waals surface area contributed by atoms with Crippen molar-refractivity contribution in [1.29, 1.82) is 0 Å². The molecule has 1 aromatic carbocycles. The first-order valence-corrected chi connectivity index (χ1v) is 5.60. The first-order valence-electron chi connectivity index (χ1n) is 5.60. The van der Waals surface area contributed by atoms with Gasteiger partial charge in [0.05, 0.1) is 19.8 Å². The standard InChI is InChI=1S/C13H18N2O3/c1-8(2)12(14)15-10-7-9(13(16)18-4)5-6-11(10)17-3/h5-8H,1-4H3,(H2,14,15). The van der Waals surface area contributed by atoms with E-state index in [9.17, 15) is 4.79 Å².